The van der Waals surface area contributed by atoms with Gasteiger partial charge in [-0.2, -0.15) is 0 Å². The minimum absolute atomic E-state index is 0.231. The molecule has 1 aromatic heterocycles. The number of benzene rings is 1. The molecular weight excluding hydrogens is 364 g/mol. The standard InChI is InChI=1S/C21H22O7/c1-11(2)10-16(24)27-20-19(25-12(3)22)17-14(28-21(20,4)5)8-6-13-7-9-15(23)26-18(13)17/h6-10,19-20H,1-5H3/t19-,20+/m1/s1. The van der Waals surface area contributed by atoms with Crippen molar-refractivity contribution in [3.05, 3.63) is 51.9 Å². The van der Waals surface area contributed by atoms with Crippen molar-refractivity contribution in [3.8, 4) is 5.75 Å². The highest BCUT2D eigenvalue weighted by Crippen LogP contribution is 2.46. The molecule has 28 heavy (non-hydrogen) atoms. The van der Waals surface area contributed by atoms with Crippen molar-refractivity contribution in [2.45, 2.75) is 52.4 Å². The van der Waals surface area contributed by atoms with Gasteiger partial charge in [0.2, 0.25) is 0 Å². The Hall–Kier alpha value is -3.09. The van der Waals surface area contributed by atoms with E-state index >= 15 is 0 Å². The van der Waals surface area contributed by atoms with E-state index in [-0.39, 0.29) is 5.58 Å². The number of carbonyl (C=O) groups excluding carboxylic acids is 2. The van der Waals surface area contributed by atoms with E-state index in [0.29, 0.717) is 16.7 Å². The second kappa shape index (κ2) is 7.14. The number of fused-ring (bicyclic) bond motifs is 3. The van der Waals surface area contributed by atoms with Gasteiger partial charge in [-0.3, -0.25) is 4.79 Å². The maximum absolute atomic E-state index is 12.3. The van der Waals surface area contributed by atoms with E-state index in [1.807, 2.05) is 0 Å². The molecule has 3 rings (SSSR count). The molecule has 0 spiro atoms. The van der Waals surface area contributed by atoms with Crippen LogP contribution in [0.5, 0.6) is 5.75 Å². The summed E-state index contributed by atoms with van der Waals surface area (Å²) in [6.07, 6.45) is -0.609. The van der Waals surface area contributed by atoms with Gasteiger partial charge in [-0.05, 0) is 45.9 Å². The molecule has 1 aliphatic rings. The van der Waals surface area contributed by atoms with Crippen LogP contribution in [0.4, 0.5) is 0 Å². The van der Waals surface area contributed by atoms with Crippen LogP contribution in [-0.4, -0.2) is 23.6 Å². The molecule has 0 amide bonds. The summed E-state index contributed by atoms with van der Waals surface area (Å²) in [5, 5.41) is 0.633. The van der Waals surface area contributed by atoms with Gasteiger partial charge in [0.1, 0.15) is 16.9 Å². The molecule has 2 heterocycles. The topological polar surface area (TPSA) is 92.0 Å². The Morgan fingerprint density at radius 2 is 1.75 bits per heavy atom. The Kier molecular flexibility index (Phi) is 5.02. The number of ether oxygens (including phenoxy) is 3. The number of carbonyl (C=O) groups is 2. The summed E-state index contributed by atoms with van der Waals surface area (Å²) in [6, 6.07) is 6.36. The lowest BCUT2D eigenvalue weighted by Gasteiger charge is -2.43. The lowest BCUT2D eigenvalue weighted by Crippen LogP contribution is -2.52. The van der Waals surface area contributed by atoms with Crippen molar-refractivity contribution < 1.29 is 28.2 Å². The van der Waals surface area contributed by atoms with E-state index in [2.05, 4.69) is 0 Å². The van der Waals surface area contributed by atoms with Gasteiger partial charge in [-0.15, -0.1) is 0 Å². The molecule has 1 aromatic carbocycles. The van der Waals surface area contributed by atoms with Gasteiger partial charge in [0.15, 0.2) is 12.2 Å². The van der Waals surface area contributed by atoms with Crippen LogP contribution >= 0.6 is 0 Å². The van der Waals surface area contributed by atoms with Crippen LogP contribution in [-0.2, 0) is 19.1 Å². The third kappa shape index (κ3) is 3.78. The molecule has 0 aliphatic carbocycles. The van der Waals surface area contributed by atoms with Crippen LogP contribution in [0, 0.1) is 0 Å². The fraction of sp³-hybridized carbons (Fsp3) is 0.381. The van der Waals surface area contributed by atoms with Crippen LogP contribution in [0.1, 0.15) is 46.3 Å². The monoisotopic (exact) mass is 386 g/mol. The van der Waals surface area contributed by atoms with Crippen molar-refractivity contribution in [1.82, 2.24) is 0 Å². The maximum atomic E-state index is 12.3. The SMILES string of the molecule is CC(=O)O[C@@H]1c2c(ccc3ccc(=O)oc23)OC(C)(C)[C@H]1OC(=O)C=C(C)C. The number of allylic oxidation sites excluding steroid dienone is 1. The van der Waals surface area contributed by atoms with E-state index in [0.717, 1.165) is 5.57 Å². The number of rotatable bonds is 3. The second-order valence-corrected chi connectivity index (χ2v) is 7.46. The van der Waals surface area contributed by atoms with Gasteiger partial charge in [0.05, 0.1) is 5.56 Å². The Morgan fingerprint density at radius 3 is 2.39 bits per heavy atom. The number of esters is 2. The molecule has 1 aliphatic heterocycles. The first-order valence-electron chi connectivity index (χ1n) is 8.87. The highest BCUT2D eigenvalue weighted by atomic mass is 16.6. The van der Waals surface area contributed by atoms with E-state index in [1.54, 1.807) is 45.9 Å². The van der Waals surface area contributed by atoms with E-state index in [9.17, 15) is 14.4 Å². The molecule has 2 aromatic rings. The highest BCUT2D eigenvalue weighted by molar-refractivity contribution is 5.85. The summed E-state index contributed by atoms with van der Waals surface area (Å²) in [5.74, 6) is -0.747. The van der Waals surface area contributed by atoms with Crippen molar-refractivity contribution in [2.75, 3.05) is 0 Å². The fourth-order valence-corrected chi connectivity index (χ4v) is 3.25. The minimum atomic E-state index is -1.000. The summed E-state index contributed by atoms with van der Waals surface area (Å²) in [6.45, 7) is 8.27. The zero-order valence-corrected chi connectivity index (χ0v) is 16.4. The Balaban J connectivity index is 2.20. The summed E-state index contributed by atoms with van der Waals surface area (Å²) in [5.41, 5.74) is -0.193. The van der Waals surface area contributed by atoms with Gasteiger partial charge in [-0.1, -0.05) is 5.57 Å². The average molecular weight is 386 g/mol. The normalized spacial score (nSPS) is 19.9. The van der Waals surface area contributed by atoms with Crippen LogP contribution in [0.2, 0.25) is 0 Å². The largest absolute Gasteiger partial charge is 0.483 e. The molecular formula is C21H22O7. The van der Waals surface area contributed by atoms with Gasteiger partial charge < -0.3 is 18.6 Å². The molecule has 7 nitrogen and oxygen atoms in total. The summed E-state index contributed by atoms with van der Waals surface area (Å²) >= 11 is 0. The maximum Gasteiger partial charge on any atom is 0.336 e. The van der Waals surface area contributed by atoms with Crippen molar-refractivity contribution in [1.29, 1.82) is 0 Å². The summed E-state index contributed by atoms with van der Waals surface area (Å²) in [4.78, 5) is 35.9. The Labute approximate surface area is 161 Å². The van der Waals surface area contributed by atoms with Crippen LogP contribution < -0.4 is 10.4 Å². The van der Waals surface area contributed by atoms with Crippen LogP contribution in [0.3, 0.4) is 0 Å². The molecule has 0 bridgehead atoms. The third-order valence-electron chi connectivity index (χ3n) is 4.35. The van der Waals surface area contributed by atoms with Crippen molar-refractivity contribution >= 4 is 22.9 Å². The van der Waals surface area contributed by atoms with Gasteiger partial charge in [0.25, 0.3) is 0 Å². The van der Waals surface area contributed by atoms with Crippen molar-refractivity contribution in [3.63, 3.8) is 0 Å². The summed E-state index contributed by atoms with van der Waals surface area (Å²) in [7, 11) is 0. The molecule has 148 valence electrons. The van der Waals surface area contributed by atoms with Crippen LogP contribution in [0.25, 0.3) is 11.0 Å². The minimum Gasteiger partial charge on any atom is -0.483 e. The molecule has 0 N–H and O–H groups in total. The molecule has 0 fully saturated rings. The molecule has 2 atom stereocenters. The van der Waals surface area contributed by atoms with Crippen molar-refractivity contribution in [2.24, 2.45) is 0 Å². The lowest BCUT2D eigenvalue weighted by molar-refractivity contribution is -0.185. The van der Waals surface area contributed by atoms with Crippen LogP contribution in [0.15, 0.2) is 45.1 Å². The fourth-order valence-electron chi connectivity index (χ4n) is 3.25. The van der Waals surface area contributed by atoms with Gasteiger partial charge in [-0.25, -0.2) is 9.59 Å². The first kappa shape index (κ1) is 19.7. The highest BCUT2D eigenvalue weighted by Gasteiger charge is 2.49. The Bertz CT molecular complexity index is 1020. The molecule has 0 unspecified atom stereocenters. The summed E-state index contributed by atoms with van der Waals surface area (Å²) < 4.78 is 22.6. The molecule has 7 heteroatoms. The first-order chi connectivity index (χ1) is 13.1. The number of hydrogen-bond acceptors (Lipinski definition) is 7. The average Bonchev–Trinajstić information content (AvgIpc) is 2.56. The van der Waals surface area contributed by atoms with Gasteiger partial charge >= 0.3 is 17.6 Å². The van der Waals surface area contributed by atoms with E-state index in [4.69, 9.17) is 18.6 Å². The van der Waals surface area contributed by atoms with E-state index in [1.165, 1.54) is 19.1 Å². The quantitative estimate of drug-likeness (QED) is 0.453. The first-order valence-corrected chi connectivity index (χ1v) is 8.87. The lowest BCUT2D eigenvalue weighted by atomic mass is 9.87. The Morgan fingerprint density at radius 1 is 1.07 bits per heavy atom. The molecule has 0 saturated carbocycles. The molecule has 0 saturated heterocycles. The van der Waals surface area contributed by atoms with Gasteiger partial charge in [0, 0.05) is 24.5 Å². The second-order valence-electron chi connectivity index (χ2n) is 7.46. The molecule has 0 radical (unpaired) electrons. The van der Waals surface area contributed by atoms with E-state index < -0.39 is 35.4 Å². The smallest absolute Gasteiger partial charge is 0.336 e. The predicted octanol–water partition coefficient (Wildman–Crippen LogP) is 3.45. The zero-order valence-electron chi connectivity index (χ0n) is 16.4. The number of hydrogen-bond donors (Lipinski definition) is 0. The zero-order chi connectivity index (χ0) is 20.6. The third-order valence-corrected chi connectivity index (χ3v) is 4.35. The predicted molar refractivity (Wildman–Crippen MR) is 101 cm³/mol.